The van der Waals surface area contributed by atoms with E-state index in [9.17, 15) is 13.2 Å². The molecule has 0 atom stereocenters. The largest absolute Gasteiger partial charge is 0.326 e. The molecule has 0 unspecified atom stereocenters. The second-order valence-corrected chi connectivity index (χ2v) is 7.46. The minimum absolute atomic E-state index is 0.0194. The maximum absolute atomic E-state index is 12.4. The Balaban J connectivity index is 1.90. The van der Waals surface area contributed by atoms with Crippen molar-refractivity contribution in [2.75, 3.05) is 10.0 Å². The molecule has 0 saturated heterocycles. The number of sulfonamides is 1. The van der Waals surface area contributed by atoms with E-state index in [1.165, 1.54) is 6.07 Å². The maximum atomic E-state index is 12.4. The smallest absolute Gasteiger partial charge is 0.263 e. The lowest BCUT2D eigenvalue weighted by molar-refractivity contribution is -0.116. The number of carbonyl (C=O) groups is 1. The number of amides is 1. The molecule has 0 aliphatic carbocycles. The van der Waals surface area contributed by atoms with E-state index in [0.717, 1.165) is 11.3 Å². The van der Waals surface area contributed by atoms with E-state index in [1.54, 1.807) is 36.4 Å². The Morgan fingerprint density at radius 1 is 1.09 bits per heavy atom. The van der Waals surface area contributed by atoms with Crippen molar-refractivity contribution in [3.05, 3.63) is 52.5 Å². The molecule has 0 spiro atoms. The molecule has 2 N–H and O–H groups in total. The first-order chi connectivity index (χ1) is 10.5. The van der Waals surface area contributed by atoms with E-state index in [2.05, 4.69) is 26.0 Å². The van der Waals surface area contributed by atoms with Crippen LogP contribution in [0.3, 0.4) is 0 Å². The summed E-state index contributed by atoms with van der Waals surface area (Å²) in [4.78, 5) is 11.5. The first-order valence-corrected chi connectivity index (χ1v) is 8.93. The molecule has 7 heteroatoms. The van der Waals surface area contributed by atoms with Crippen LogP contribution < -0.4 is 10.0 Å². The zero-order valence-electron chi connectivity index (χ0n) is 11.5. The van der Waals surface area contributed by atoms with E-state index >= 15 is 0 Å². The van der Waals surface area contributed by atoms with Crippen molar-refractivity contribution in [3.63, 3.8) is 0 Å². The molecule has 0 bridgehead atoms. The van der Waals surface area contributed by atoms with Crippen molar-refractivity contribution < 1.29 is 13.2 Å². The number of anilines is 2. The highest BCUT2D eigenvalue weighted by atomic mass is 79.9. The Bertz CT molecular complexity index is 850. The molecule has 2 aromatic carbocycles. The second-order valence-electron chi connectivity index (χ2n) is 4.96. The Labute approximate surface area is 136 Å². The average molecular weight is 381 g/mol. The fourth-order valence-corrected chi connectivity index (χ4v) is 4.37. The van der Waals surface area contributed by atoms with E-state index < -0.39 is 10.0 Å². The van der Waals surface area contributed by atoms with E-state index in [4.69, 9.17) is 0 Å². The normalized spacial score (nSPS) is 14.1. The molecular formula is C15H13BrN2O3S. The van der Waals surface area contributed by atoms with Gasteiger partial charge in [-0.05, 0) is 58.2 Å². The highest BCUT2D eigenvalue weighted by Crippen LogP contribution is 2.28. The number of halogens is 1. The third kappa shape index (κ3) is 3.00. The number of carbonyl (C=O) groups excluding carboxylic acids is 1. The summed E-state index contributed by atoms with van der Waals surface area (Å²) in [5, 5.41) is 2.77. The van der Waals surface area contributed by atoms with Gasteiger partial charge in [0.15, 0.2) is 0 Å². The average Bonchev–Trinajstić information content (AvgIpc) is 2.47. The lowest BCUT2D eigenvalue weighted by atomic mass is 10.0. The van der Waals surface area contributed by atoms with Crippen LogP contribution in [0.15, 0.2) is 51.8 Å². The van der Waals surface area contributed by atoms with Crippen molar-refractivity contribution in [2.24, 2.45) is 0 Å². The predicted molar refractivity (Wildman–Crippen MR) is 88.3 cm³/mol. The second kappa shape index (κ2) is 5.73. The van der Waals surface area contributed by atoms with Crippen LogP contribution in [0.1, 0.15) is 12.0 Å². The first-order valence-electron chi connectivity index (χ1n) is 6.66. The molecule has 0 fully saturated rings. The zero-order chi connectivity index (χ0) is 15.7. The molecular weight excluding hydrogens is 368 g/mol. The molecule has 5 nitrogen and oxygen atoms in total. The van der Waals surface area contributed by atoms with Gasteiger partial charge in [-0.25, -0.2) is 8.42 Å². The van der Waals surface area contributed by atoms with Crippen molar-refractivity contribution in [3.8, 4) is 0 Å². The van der Waals surface area contributed by atoms with Gasteiger partial charge in [-0.15, -0.1) is 0 Å². The van der Waals surface area contributed by atoms with Crippen LogP contribution in [0, 0.1) is 0 Å². The lowest BCUT2D eigenvalue weighted by Gasteiger charge is -2.18. The Hall–Kier alpha value is -1.86. The van der Waals surface area contributed by atoms with Crippen LogP contribution in [0.4, 0.5) is 11.4 Å². The number of hydrogen-bond acceptors (Lipinski definition) is 3. The lowest BCUT2D eigenvalue weighted by Crippen LogP contribution is -2.19. The van der Waals surface area contributed by atoms with Gasteiger partial charge < -0.3 is 5.32 Å². The summed E-state index contributed by atoms with van der Waals surface area (Å²) < 4.78 is 27.9. The van der Waals surface area contributed by atoms with Crippen LogP contribution in [-0.2, 0) is 21.2 Å². The molecule has 2 aromatic rings. The summed E-state index contributed by atoms with van der Waals surface area (Å²) >= 11 is 3.25. The molecule has 1 aliphatic rings. The summed E-state index contributed by atoms with van der Waals surface area (Å²) in [6.45, 7) is 0. The van der Waals surface area contributed by atoms with Crippen LogP contribution in [0.25, 0.3) is 0 Å². The fraction of sp³-hybridized carbons (Fsp3) is 0.133. The molecule has 114 valence electrons. The molecule has 3 rings (SSSR count). The third-order valence-corrected chi connectivity index (χ3v) is 5.77. The van der Waals surface area contributed by atoms with Crippen LogP contribution >= 0.6 is 15.9 Å². The Morgan fingerprint density at radius 3 is 2.64 bits per heavy atom. The minimum Gasteiger partial charge on any atom is -0.326 e. The quantitative estimate of drug-likeness (QED) is 0.858. The summed E-state index contributed by atoms with van der Waals surface area (Å²) in [7, 11) is -3.67. The first kappa shape index (κ1) is 15.1. The topological polar surface area (TPSA) is 75.3 Å². The molecule has 1 aliphatic heterocycles. The van der Waals surface area contributed by atoms with Crippen LogP contribution in [0.5, 0.6) is 0 Å². The fourth-order valence-electron chi connectivity index (χ4n) is 2.32. The van der Waals surface area contributed by atoms with E-state index in [-0.39, 0.29) is 10.8 Å². The molecule has 22 heavy (non-hydrogen) atoms. The Morgan fingerprint density at radius 2 is 1.86 bits per heavy atom. The van der Waals surface area contributed by atoms with Crippen molar-refractivity contribution >= 4 is 43.2 Å². The number of hydrogen-bond donors (Lipinski definition) is 2. The van der Waals surface area contributed by atoms with Gasteiger partial charge in [0.2, 0.25) is 5.91 Å². The monoisotopic (exact) mass is 380 g/mol. The van der Waals surface area contributed by atoms with Crippen LogP contribution in [0.2, 0.25) is 0 Å². The number of aryl methyl sites for hydroxylation is 1. The third-order valence-electron chi connectivity index (χ3n) is 3.38. The van der Waals surface area contributed by atoms with Gasteiger partial charge in [0.25, 0.3) is 10.0 Å². The highest BCUT2D eigenvalue weighted by molar-refractivity contribution is 9.10. The number of fused-ring (bicyclic) bond motifs is 1. The van der Waals surface area contributed by atoms with Gasteiger partial charge in [-0.3, -0.25) is 9.52 Å². The van der Waals surface area contributed by atoms with Crippen molar-refractivity contribution in [1.29, 1.82) is 0 Å². The van der Waals surface area contributed by atoms with E-state index in [0.29, 0.717) is 23.0 Å². The van der Waals surface area contributed by atoms with Gasteiger partial charge >= 0.3 is 0 Å². The SMILES string of the molecule is O=C1CCc2cc(NS(=O)(=O)c3ccccc3Br)ccc2N1. The summed E-state index contributed by atoms with van der Waals surface area (Å²) in [5.41, 5.74) is 2.14. The standard InChI is InChI=1S/C15H13BrN2O3S/c16-12-3-1-2-4-14(12)22(20,21)18-11-6-7-13-10(9-11)5-8-15(19)17-13/h1-4,6-7,9,18H,5,8H2,(H,17,19). The summed E-state index contributed by atoms with van der Waals surface area (Å²) in [6.07, 6.45) is 1.01. The van der Waals surface area contributed by atoms with Gasteiger partial charge in [0.05, 0.1) is 0 Å². The van der Waals surface area contributed by atoms with Crippen molar-refractivity contribution in [2.45, 2.75) is 17.7 Å². The summed E-state index contributed by atoms with van der Waals surface area (Å²) in [6, 6.07) is 11.7. The molecule has 0 aromatic heterocycles. The van der Waals surface area contributed by atoms with E-state index in [1.807, 2.05) is 0 Å². The molecule has 1 heterocycles. The number of rotatable bonds is 3. The highest BCUT2D eigenvalue weighted by Gasteiger charge is 2.19. The van der Waals surface area contributed by atoms with Gasteiger partial charge in [0, 0.05) is 22.3 Å². The van der Waals surface area contributed by atoms with Crippen LogP contribution in [-0.4, -0.2) is 14.3 Å². The number of benzene rings is 2. The molecule has 0 saturated carbocycles. The number of nitrogens with one attached hydrogen (secondary N) is 2. The zero-order valence-corrected chi connectivity index (χ0v) is 13.9. The van der Waals surface area contributed by atoms with Gasteiger partial charge in [-0.1, -0.05) is 12.1 Å². The maximum Gasteiger partial charge on any atom is 0.263 e. The van der Waals surface area contributed by atoms with Gasteiger partial charge in [-0.2, -0.15) is 0 Å². The predicted octanol–water partition coefficient (Wildman–Crippen LogP) is 3.13. The summed E-state index contributed by atoms with van der Waals surface area (Å²) in [5.74, 6) is -0.0194. The molecule has 1 amide bonds. The Kier molecular flexibility index (Phi) is 3.92. The van der Waals surface area contributed by atoms with Crippen molar-refractivity contribution in [1.82, 2.24) is 0 Å². The van der Waals surface area contributed by atoms with Gasteiger partial charge in [0.1, 0.15) is 4.90 Å². The molecule has 0 radical (unpaired) electrons. The minimum atomic E-state index is -3.67.